The molecule has 0 saturated heterocycles. The van der Waals surface area contributed by atoms with Crippen molar-refractivity contribution in [1.82, 2.24) is 10.6 Å². The maximum absolute atomic E-state index is 11.2. The highest BCUT2D eigenvalue weighted by Crippen LogP contribution is 2.09. The van der Waals surface area contributed by atoms with Crippen molar-refractivity contribution in [2.24, 2.45) is 10.1 Å². The van der Waals surface area contributed by atoms with Crippen LogP contribution in [0.25, 0.3) is 0 Å². The molecule has 0 aliphatic rings. The third-order valence-corrected chi connectivity index (χ3v) is 5.00. The van der Waals surface area contributed by atoms with E-state index in [-0.39, 0.29) is 4.90 Å². The second-order valence-electron chi connectivity index (χ2n) is 4.87. The minimum absolute atomic E-state index is 0.127. The van der Waals surface area contributed by atoms with Gasteiger partial charge in [-0.1, -0.05) is 18.2 Å². The van der Waals surface area contributed by atoms with Gasteiger partial charge in [0.15, 0.2) is 5.96 Å². The molecule has 0 bridgehead atoms. The molecule has 0 aliphatic carbocycles. The van der Waals surface area contributed by atoms with Crippen LogP contribution in [0.3, 0.4) is 0 Å². The molecule has 0 unspecified atom stereocenters. The lowest BCUT2D eigenvalue weighted by Crippen LogP contribution is -2.37. The minimum atomic E-state index is -3.63. The van der Waals surface area contributed by atoms with Crippen molar-refractivity contribution in [2.45, 2.75) is 17.9 Å². The van der Waals surface area contributed by atoms with Crippen LogP contribution in [0.5, 0.6) is 0 Å². The topological polar surface area (TPSA) is 96.6 Å². The molecule has 0 atom stereocenters. The van der Waals surface area contributed by atoms with Gasteiger partial charge in [0.25, 0.3) is 0 Å². The highest BCUT2D eigenvalue weighted by atomic mass is 32.2. The molecule has 4 N–H and O–H groups in total. The molecular weight excluding hydrogens is 332 g/mol. The van der Waals surface area contributed by atoms with Gasteiger partial charge in [-0.05, 0) is 35.6 Å². The normalized spacial score (nSPS) is 12.2. The summed E-state index contributed by atoms with van der Waals surface area (Å²) in [6, 6.07) is 10.7. The zero-order valence-electron chi connectivity index (χ0n) is 12.8. The first kappa shape index (κ1) is 17.5. The summed E-state index contributed by atoms with van der Waals surface area (Å²) >= 11 is 1.69. The Kier molecular flexibility index (Phi) is 6.14. The number of thiophene rings is 1. The number of benzene rings is 1. The van der Waals surface area contributed by atoms with E-state index in [4.69, 9.17) is 5.14 Å². The second kappa shape index (κ2) is 8.09. The lowest BCUT2D eigenvalue weighted by atomic mass is 10.1. The molecule has 0 fully saturated rings. The van der Waals surface area contributed by atoms with Crippen molar-refractivity contribution < 1.29 is 8.42 Å². The first-order chi connectivity index (χ1) is 11.0. The van der Waals surface area contributed by atoms with Crippen LogP contribution >= 0.6 is 11.3 Å². The number of rotatable bonds is 6. The van der Waals surface area contributed by atoms with Crippen LogP contribution in [-0.4, -0.2) is 28.0 Å². The minimum Gasteiger partial charge on any atom is -0.356 e. The number of hydrogen-bond acceptors (Lipinski definition) is 4. The summed E-state index contributed by atoms with van der Waals surface area (Å²) in [5.74, 6) is 0.736. The van der Waals surface area contributed by atoms with Gasteiger partial charge in [-0.15, -0.1) is 11.3 Å². The monoisotopic (exact) mass is 352 g/mol. The number of guanidine groups is 1. The van der Waals surface area contributed by atoms with Crippen LogP contribution in [0.1, 0.15) is 10.4 Å². The molecule has 1 heterocycles. The third-order valence-electron chi connectivity index (χ3n) is 3.19. The van der Waals surface area contributed by atoms with E-state index in [9.17, 15) is 8.42 Å². The molecule has 0 radical (unpaired) electrons. The van der Waals surface area contributed by atoms with Crippen LogP contribution in [0.15, 0.2) is 51.7 Å². The molecule has 8 heteroatoms. The number of sulfonamides is 1. The van der Waals surface area contributed by atoms with Gasteiger partial charge < -0.3 is 10.6 Å². The molecule has 23 heavy (non-hydrogen) atoms. The fourth-order valence-electron chi connectivity index (χ4n) is 1.98. The van der Waals surface area contributed by atoms with E-state index in [1.807, 2.05) is 11.4 Å². The largest absolute Gasteiger partial charge is 0.356 e. The fraction of sp³-hybridized carbons (Fsp3) is 0.267. The molecule has 6 nitrogen and oxygen atoms in total. The Morgan fingerprint density at radius 1 is 1.22 bits per heavy atom. The molecule has 0 amide bonds. The van der Waals surface area contributed by atoms with Crippen molar-refractivity contribution in [2.75, 3.05) is 13.6 Å². The number of nitrogens with two attached hydrogens (primary N) is 1. The number of nitrogens with zero attached hydrogens (tertiary/aromatic N) is 1. The fourth-order valence-corrected chi connectivity index (χ4v) is 3.14. The molecule has 0 saturated carbocycles. The van der Waals surface area contributed by atoms with Crippen molar-refractivity contribution in [3.05, 3.63) is 52.2 Å². The summed E-state index contributed by atoms with van der Waals surface area (Å²) < 4.78 is 22.4. The van der Waals surface area contributed by atoms with Crippen LogP contribution < -0.4 is 15.8 Å². The van der Waals surface area contributed by atoms with Crippen LogP contribution in [0.2, 0.25) is 0 Å². The summed E-state index contributed by atoms with van der Waals surface area (Å²) in [4.78, 5) is 5.54. The van der Waals surface area contributed by atoms with Gasteiger partial charge in [0.2, 0.25) is 10.0 Å². The van der Waals surface area contributed by atoms with Gasteiger partial charge in [0, 0.05) is 18.5 Å². The standard InChI is InChI=1S/C15H20N4O2S2/c1-17-15(19-11-13-3-2-10-22-13)18-9-8-12-4-6-14(7-5-12)23(16,20)21/h2-7,10H,8-9,11H2,1H3,(H2,16,20,21)(H2,17,18,19). The highest BCUT2D eigenvalue weighted by Gasteiger charge is 2.06. The van der Waals surface area contributed by atoms with Crippen molar-refractivity contribution in [3.8, 4) is 0 Å². The zero-order chi connectivity index (χ0) is 16.7. The zero-order valence-corrected chi connectivity index (χ0v) is 14.5. The van der Waals surface area contributed by atoms with E-state index < -0.39 is 10.0 Å². The summed E-state index contributed by atoms with van der Waals surface area (Å²) in [5.41, 5.74) is 1.03. The highest BCUT2D eigenvalue weighted by molar-refractivity contribution is 7.89. The number of nitrogens with one attached hydrogen (secondary N) is 2. The molecular formula is C15H20N4O2S2. The Bertz CT molecular complexity index is 738. The lowest BCUT2D eigenvalue weighted by Gasteiger charge is -2.11. The maximum atomic E-state index is 11.2. The molecule has 1 aromatic carbocycles. The van der Waals surface area contributed by atoms with Gasteiger partial charge >= 0.3 is 0 Å². The molecule has 2 aromatic rings. The quantitative estimate of drug-likeness (QED) is 0.539. The first-order valence-electron chi connectivity index (χ1n) is 7.07. The van der Waals surface area contributed by atoms with Crippen LogP contribution in [-0.2, 0) is 23.0 Å². The van der Waals surface area contributed by atoms with E-state index in [1.165, 1.54) is 17.0 Å². The molecule has 0 aliphatic heterocycles. The number of aliphatic imine (C=N–C) groups is 1. The Morgan fingerprint density at radius 2 is 1.96 bits per heavy atom. The smallest absolute Gasteiger partial charge is 0.238 e. The Balaban J connectivity index is 1.79. The molecule has 0 spiro atoms. The number of hydrogen-bond donors (Lipinski definition) is 3. The Morgan fingerprint density at radius 3 is 2.52 bits per heavy atom. The van der Waals surface area contributed by atoms with Crippen molar-refractivity contribution in [1.29, 1.82) is 0 Å². The SMILES string of the molecule is CN=C(NCCc1ccc(S(N)(=O)=O)cc1)NCc1cccs1. The maximum Gasteiger partial charge on any atom is 0.238 e. The average molecular weight is 352 g/mol. The third kappa shape index (κ3) is 5.66. The average Bonchev–Trinajstić information content (AvgIpc) is 3.03. The van der Waals surface area contributed by atoms with E-state index >= 15 is 0 Å². The second-order valence-corrected chi connectivity index (χ2v) is 7.46. The summed E-state index contributed by atoms with van der Waals surface area (Å²) in [6.07, 6.45) is 0.755. The van der Waals surface area contributed by atoms with Gasteiger partial charge in [-0.3, -0.25) is 4.99 Å². The van der Waals surface area contributed by atoms with E-state index in [0.717, 1.165) is 24.5 Å². The first-order valence-corrected chi connectivity index (χ1v) is 9.50. The molecule has 2 rings (SSSR count). The van der Waals surface area contributed by atoms with Gasteiger partial charge in [0.1, 0.15) is 0 Å². The lowest BCUT2D eigenvalue weighted by molar-refractivity contribution is 0.598. The van der Waals surface area contributed by atoms with Gasteiger partial charge in [0.05, 0.1) is 11.4 Å². The van der Waals surface area contributed by atoms with Crippen LogP contribution in [0.4, 0.5) is 0 Å². The summed E-state index contributed by atoms with van der Waals surface area (Å²) in [7, 11) is -1.90. The Hall–Kier alpha value is -1.90. The van der Waals surface area contributed by atoms with Crippen LogP contribution in [0, 0.1) is 0 Å². The van der Waals surface area contributed by atoms with E-state index in [2.05, 4.69) is 21.7 Å². The van der Waals surface area contributed by atoms with Crippen molar-refractivity contribution >= 4 is 27.3 Å². The summed E-state index contributed by atoms with van der Waals surface area (Å²) in [5, 5.41) is 13.6. The van der Waals surface area contributed by atoms with Gasteiger partial charge in [-0.25, -0.2) is 13.6 Å². The van der Waals surface area contributed by atoms with Crippen molar-refractivity contribution in [3.63, 3.8) is 0 Å². The molecule has 1 aromatic heterocycles. The predicted molar refractivity (Wildman–Crippen MR) is 94.0 cm³/mol. The summed E-state index contributed by atoms with van der Waals surface area (Å²) in [6.45, 7) is 1.43. The van der Waals surface area contributed by atoms with E-state index in [1.54, 1.807) is 30.5 Å². The number of primary sulfonamides is 1. The Labute approximate surface area is 140 Å². The van der Waals surface area contributed by atoms with E-state index in [0.29, 0.717) is 6.54 Å². The molecule has 124 valence electrons. The van der Waals surface area contributed by atoms with Gasteiger partial charge in [-0.2, -0.15) is 0 Å². The predicted octanol–water partition coefficient (Wildman–Crippen LogP) is 1.30.